The molecular formula is C48H69N9O8. The minimum Gasteiger partial charge on any atom is -0.445 e. The van der Waals surface area contributed by atoms with Gasteiger partial charge in [-0.15, -0.1) is 0 Å². The number of urea groups is 1. The van der Waals surface area contributed by atoms with Gasteiger partial charge in [-0.3, -0.25) is 28.9 Å². The van der Waals surface area contributed by atoms with Crippen molar-refractivity contribution in [1.29, 1.82) is 0 Å². The zero-order valence-electron chi connectivity index (χ0n) is 38.5. The molecule has 3 aromatic rings. The third-order valence-electron chi connectivity index (χ3n) is 10.5. The Labute approximate surface area is 382 Å². The lowest BCUT2D eigenvalue weighted by Crippen LogP contribution is -2.51. The number of nitrogens with zero attached hydrogens (tertiary/aromatic N) is 2. The quantitative estimate of drug-likeness (QED) is 0.0369. The molecule has 9 N–H and O–H groups in total. The van der Waals surface area contributed by atoms with Gasteiger partial charge < -0.3 is 42.8 Å². The number of ether oxygens (including phenoxy) is 1. The van der Waals surface area contributed by atoms with Gasteiger partial charge in [-0.25, -0.2) is 14.6 Å². The summed E-state index contributed by atoms with van der Waals surface area (Å²) in [6.45, 7) is 9.01. The number of unbranched alkanes of at least 4 members (excludes halogenated alkanes) is 6. The predicted octanol–water partition coefficient (Wildman–Crippen LogP) is 5.93. The van der Waals surface area contributed by atoms with Crippen molar-refractivity contribution in [3.05, 3.63) is 77.4 Å². The van der Waals surface area contributed by atoms with Crippen molar-refractivity contribution in [3.63, 3.8) is 0 Å². The third-order valence-corrected chi connectivity index (χ3v) is 10.5. The number of primary amides is 1. The Morgan fingerprint density at radius 2 is 1.45 bits per heavy atom. The molecule has 0 saturated heterocycles. The number of rotatable bonds is 26. The van der Waals surface area contributed by atoms with Crippen LogP contribution in [0.2, 0.25) is 0 Å². The number of benzene rings is 2. The Bertz CT molecular complexity index is 2060. The Morgan fingerprint density at radius 1 is 0.754 bits per heavy atom. The van der Waals surface area contributed by atoms with E-state index in [-0.39, 0.29) is 43.2 Å². The second-order valence-electron chi connectivity index (χ2n) is 16.3. The molecule has 8 amide bonds. The lowest BCUT2D eigenvalue weighted by atomic mass is 9.99. The number of aryl methyl sites for hydroxylation is 2. The number of nitrogens with two attached hydrogens (primary N) is 2. The van der Waals surface area contributed by atoms with Gasteiger partial charge >= 0.3 is 12.1 Å². The number of amides is 8. The van der Waals surface area contributed by atoms with Crippen LogP contribution in [-0.2, 0) is 48.2 Å². The highest BCUT2D eigenvalue weighted by atomic mass is 16.5. The lowest BCUT2D eigenvalue weighted by Gasteiger charge is -2.21. The molecule has 0 radical (unpaired) electrons. The van der Waals surface area contributed by atoms with Gasteiger partial charge in [0, 0.05) is 49.3 Å². The van der Waals surface area contributed by atoms with E-state index in [0.717, 1.165) is 73.4 Å². The fourth-order valence-electron chi connectivity index (χ4n) is 6.88. The molecule has 0 saturated carbocycles. The first-order chi connectivity index (χ1) is 31.2. The fraction of sp³-hybridized carbons (Fsp3) is 0.500. The fourth-order valence-corrected chi connectivity index (χ4v) is 6.88. The summed E-state index contributed by atoms with van der Waals surface area (Å²) >= 11 is 0. The number of hydrogen-bond acceptors (Lipinski definition) is 10. The van der Waals surface area contributed by atoms with Gasteiger partial charge in [0.2, 0.25) is 17.7 Å². The zero-order valence-corrected chi connectivity index (χ0v) is 38.5. The normalized spacial score (nSPS) is 12.4. The molecular weight excluding hydrogens is 831 g/mol. The van der Waals surface area contributed by atoms with Gasteiger partial charge in [0.1, 0.15) is 18.5 Å². The smallest absolute Gasteiger partial charge is 0.407 e. The number of hydrogen-bond donors (Lipinski definition) is 7. The van der Waals surface area contributed by atoms with Crippen molar-refractivity contribution in [2.45, 2.75) is 124 Å². The second-order valence-corrected chi connectivity index (χ2v) is 16.3. The summed E-state index contributed by atoms with van der Waals surface area (Å²) in [5, 5.41) is 14.5. The van der Waals surface area contributed by atoms with Gasteiger partial charge in [0.25, 0.3) is 11.8 Å². The molecule has 17 nitrogen and oxygen atoms in total. The van der Waals surface area contributed by atoms with Crippen molar-refractivity contribution in [1.82, 2.24) is 31.2 Å². The van der Waals surface area contributed by atoms with Crippen LogP contribution in [0.15, 0.2) is 60.7 Å². The van der Waals surface area contributed by atoms with E-state index in [1.54, 1.807) is 38.1 Å². The number of aromatic nitrogens is 1. The van der Waals surface area contributed by atoms with E-state index >= 15 is 0 Å². The summed E-state index contributed by atoms with van der Waals surface area (Å²) in [6, 6.07) is 14.0. The van der Waals surface area contributed by atoms with E-state index in [4.69, 9.17) is 16.2 Å². The van der Waals surface area contributed by atoms with E-state index < -0.39 is 30.0 Å². The van der Waals surface area contributed by atoms with Crippen LogP contribution in [0.1, 0.15) is 115 Å². The molecule has 0 spiro atoms. The number of nitrogen functional groups attached to an aromatic ring is 1. The van der Waals surface area contributed by atoms with Crippen LogP contribution in [0.5, 0.6) is 0 Å². The lowest BCUT2D eigenvalue weighted by molar-refractivity contribution is -0.137. The SMILES string of the molecule is CCCCCc1cc2c(CCCCCNC(=O)OCc3ccc(NC(=O)CNC(=O)C(NC(=O)CCCCCN4C(=O)C=CC4=O)C(C)C)cc3)cccc2nc1N.CCCNC(N)=O. The standard InChI is InChI=1S/C44H59N7O7.C4H10N2O/c1-4-5-8-15-33-27-35-32(16-13-17-36(35)49-42(33)45)14-9-6-11-25-46-44(57)58-29-31-19-21-34(22-20-31)48-38(53)28-47-43(56)41(30(2)3)50-37(52)18-10-7-12-26-51-39(54)23-24-40(51)55;1-2-3-6-4(5)7/h13,16-17,19-24,27,30,41H,4-12,14-15,18,25-26,28-29H2,1-3H3,(H2,45,49)(H,46,57)(H,47,56)(H,48,53)(H,50,52);2-3H2,1H3,(H3,5,6,7). The highest BCUT2D eigenvalue weighted by molar-refractivity contribution is 6.12. The number of nitrogens with one attached hydrogen (secondary N) is 5. The van der Waals surface area contributed by atoms with E-state index in [1.807, 2.05) is 19.1 Å². The van der Waals surface area contributed by atoms with Crippen LogP contribution in [0, 0.1) is 5.92 Å². The van der Waals surface area contributed by atoms with Gasteiger partial charge in [0.15, 0.2) is 0 Å². The summed E-state index contributed by atoms with van der Waals surface area (Å²) < 4.78 is 5.36. The van der Waals surface area contributed by atoms with Crippen molar-refractivity contribution in [2.75, 3.05) is 37.2 Å². The molecule has 1 aliphatic heterocycles. The van der Waals surface area contributed by atoms with Gasteiger partial charge in [-0.1, -0.05) is 77.6 Å². The summed E-state index contributed by atoms with van der Waals surface area (Å²) in [5.41, 5.74) is 15.5. The molecule has 354 valence electrons. The summed E-state index contributed by atoms with van der Waals surface area (Å²) in [4.78, 5) is 89.2. The van der Waals surface area contributed by atoms with Crippen molar-refractivity contribution in [2.24, 2.45) is 11.7 Å². The molecule has 17 heteroatoms. The Balaban J connectivity index is 0.00000148. The molecule has 1 aliphatic rings. The highest BCUT2D eigenvalue weighted by Gasteiger charge is 2.25. The monoisotopic (exact) mass is 900 g/mol. The first-order valence-corrected chi connectivity index (χ1v) is 22.8. The first-order valence-electron chi connectivity index (χ1n) is 22.8. The number of carbonyl (C=O) groups excluding carboxylic acids is 7. The molecule has 1 aromatic heterocycles. The number of fused-ring (bicyclic) bond motifs is 1. The average molecular weight is 900 g/mol. The van der Waals surface area contributed by atoms with E-state index in [0.29, 0.717) is 50.4 Å². The van der Waals surface area contributed by atoms with Crippen LogP contribution in [0.3, 0.4) is 0 Å². The maximum absolute atomic E-state index is 12.9. The van der Waals surface area contributed by atoms with Gasteiger partial charge in [0.05, 0.1) is 12.1 Å². The predicted molar refractivity (Wildman–Crippen MR) is 252 cm³/mol. The van der Waals surface area contributed by atoms with Crippen LogP contribution in [-0.4, -0.2) is 83.8 Å². The minimum absolute atomic E-state index is 0.0663. The number of pyridine rings is 1. The molecule has 2 aromatic carbocycles. The Morgan fingerprint density at radius 3 is 2.11 bits per heavy atom. The number of carbonyl (C=O) groups is 7. The molecule has 0 bridgehead atoms. The Kier molecular flexibility index (Phi) is 23.6. The topological polar surface area (TPSA) is 257 Å². The molecule has 65 heavy (non-hydrogen) atoms. The Hall–Kier alpha value is -6.52. The highest BCUT2D eigenvalue weighted by Crippen LogP contribution is 2.25. The minimum atomic E-state index is -0.823. The molecule has 1 atom stereocenters. The first kappa shape index (κ1) is 52.8. The maximum Gasteiger partial charge on any atom is 0.407 e. The summed E-state index contributed by atoms with van der Waals surface area (Å²) in [6.07, 6.45) is 12.9. The van der Waals surface area contributed by atoms with Crippen LogP contribution in [0.4, 0.5) is 21.1 Å². The maximum atomic E-state index is 12.9. The zero-order chi connectivity index (χ0) is 47.6. The molecule has 4 rings (SSSR count). The van der Waals surface area contributed by atoms with E-state index in [2.05, 4.69) is 50.6 Å². The molecule has 0 fully saturated rings. The molecule has 0 aliphatic carbocycles. The average Bonchev–Trinajstić information content (AvgIpc) is 3.60. The largest absolute Gasteiger partial charge is 0.445 e. The number of imide groups is 1. The van der Waals surface area contributed by atoms with Crippen molar-refractivity contribution < 1.29 is 38.3 Å². The number of alkyl carbamates (subject to hydrolysis) is 1. The third kappa shape index (κ3) is 19.8. The van der Waals surface area contributed by atoms with E-state index in [1.165, 1.54) is 29.0 Å². The van der Waals surface area contributed by atoms with Gasteiger partial charge in [-0.2, -0.15) is 0 Å². The number of anilines is 2. The van der Waals surface area contributed by atoms with Crippen LogP contribution in [0.25, 0.3) is 10.9 Å². The molecule has 2 heterocycles. The summed E-state index contributed by atoms with van der Waals surface area (Å²) in [5.74, 6) is -1.46. The van der Waals surface area contributed by atoms with Crippen molar-refractivity contribution >= 4 is 64.1 Å². The van der Waals surface area contributed by atoms with Crippen molar-refractivity contribution in [3.8, 4) is 0 Å². The molecule has 1 unspecified atom stereocenters. The van der Waals surface area contributed by atoms with Gasteiger partial charge in [-0.05, 0) is 98.2 Å². The second kappa shape index (κ2) is 29.0. The van der Waals surface area contributed by atoms with Crippen LogP contribution < -0.4 is 38.1 Å². The van der Waals surface area contributed by atoms with E-state index in [9.17, 15) is 33.6 Å². The summed E-state index contributed by atoms with van der Waals surface area (Å²) in [7, 11) is 0. The van der Waals surface area contributed by atoms with Crippen LogP contribution >= 0.6 is 0 Å².